The van der Waals surface area contributed by atoms with Gasteiger partial charge in [0.1, 0.15) is 16.6 Å². The van der Waals surface area contributed by atoms with Gasteiger partial charge in [-0.15, -0.1) is 0 Å². The van der Waals surface area contributed by atoms with Crippen molar-refractivity contribution in [2.45, 2.75) is 32.6 Å². The number of unbranched alkanes of at least 4 members (excludes halogenated alkanes) is 2. The fourth-order valence-corrected chi connectivity index (χ4v) is 4.15. The molecule has 1 N–H and O–H groups in total. The molecule has 0 unspecified atom stereocenters. The zero-order valence-corrected chi connectivity index (χ0v) is 17.4. The molecule has 4 rings (SSSR count). The minimum atomic E-state index is -0.459. The van der Waals surface area contributed by atoms with E-state index in [2.05, 4.69) is 17.0 Å². The van der Waals surface area contributed by atoms with Crippen molar-refractivity contribution in [1.82, 2.24) is 5.01 Å². The van der Waals surface area contributed by atoms with E-state index >= 15 is 0 Å². The first-order valence-corrected chi connectivity index (χ1v) is 10.6. The maximum atomic E-state index is 12.5. The number of benzene rings is 1. The number of furan rings is 1. The molecule has 0 radical (unpaired) electrons. The first kappa shape index (κ1) is 19.7. The number of nitrogens with zero attached hydrogens (tertiary/aromatic N) is 3. The van der Waals surface area contributed by atoms with Crippen molar-refractivity contribution >= 4 is 51.4 Å². The van der Waals surface area contributed by atoms with E-state index in [1.807, 2.05) is 12.1 Å². The summed E-state index contributed by atoms with van der Waals surface area (Å²) >= 11 is 7.40. The Kier molecular flexibility index (Phi) is 5.69. The molecule has 1 aromatic carbocycles. The van der Waals surface area contributed by atoms with Gasteiger partial charge in [0.05, 0.1) is 5.57 Å². The Morgan fingerprint density at radius 1 is 1.28 bits per heavy atom. The van der Waals surface area contributed by atoms with Crippen LogP contribution in [-0.2, 0) is 4.79 Å². The SMILES string of the molecule is CCCCCC1=NN2C(=N)/C(=C\c3ccc(-c4cccc(Cl)c4)o3)C(=O)N=C2S1. The van der Waals surface area contributed by atoms with E-state index in [1.165, 1.54) is 22.8 Å². The minimum absolute atomic E-state index is 0.0127. The number of hydrogen-bond donors (Lipinski definition) is 1. The summed E-state index contributed by atoms with van der Waals surface area (Å²) in [5.41, 5.74) is 0.990. The van der Waals surface area contributed by atoms with Crippen molar-refractivity contribution < 1.29 is 9.21 Å². The molecule has 8 heteroatoms. The summed E-state index contributed by atoms with van der Waals surface area (Å²) in [5, 5.41) is 16.3. The molecule has 2 aromatic rings. The van der Waals surface area contributed by atoms with Gasteiger partial charge in [0.25, 0.3) is 5.91 Å². The normalized spacial score (nSPS) is 17.6. The number of fused-ring (bicyclic) bond motifs is 1. The van der Waals surface area contributed by atoms with Crippen LogP contribution in [0.25, 0.3) is 17.4 Å². The van der Waals surface area contributed by atoms with Gasteiger partial charge in [-0.1, -0.05) is 43.5 Å². The number of aliphatic imine (C=N–C) groups is 1. The van der Waals surface area contributed by atoms with Crippen molar-refractivity contribution in [3.63, 3.8) is 0 Å². The lowest BCUT2D eigenvalue weighted by Crippen LogP contribution is -2.35. The van der Waals surface area contributed by atoms with Gasteiger partial charge in [-0.05, 0) is 54.9 Å². The molecule has 0 aliphatic carbocycles. The third-order valence-electron chi connectivity index (χ3n) is 4.51. The minimum Gasteiger partial charge on any atom is -0.457 e. The van der Waals surface area contributed by atoms with E-state index in [4.69, 9.17) is 21.4 Å². The van der Waals surface area contributed by atoms with Gasteiger partial charge in [-0.3, -0.25) is 10.2 Å². The first-order chi connectivity index (χ1) is 14.0. The number of hydrogen-bond acceptors (Lipinski definition) is 5. The molecule has 1 aromatic heterocycles. The summed E-state index contributed by atoms with van der Waals surface area (Å²) in [6.07, 6.45) is 5.65. The smallest absolute Gasteiger partial charge is 0.283 e. The molecule has 0 saturated carbocycles. The molecule has 148 valence electrons. The van der Waals surface area contributed by atoms with Crippen molar-refractivity contribution in [1.29, 1.82) is 5.41 Å². The second kappa shape index (κ2) is 8.39. The van der Waals surface area contributed by atoms with Gasteiger partial charge in [0.15, 0.2) is 5.84 Å². The zero-order chi connectivity index (χ0) is 20.4. The van der Waals surface area contributed by atoms with Crippen LogP contribution in [0, 0.1) is 5.41 Å². The molecule has 29 heavy (non-hydrogen) atoms. The third kappa shape index (κ3) is 4.21. The number of hydrazone groups is 1. The molecule has 2 aliphatic rings. The second-order valence-corrected chi connectivity index (χ2v) is 8.16. The number of nitrogens with one attached hydrogen (secondary N) is 1. The number of amides is 1. The van der Waals surface area contributed by atoms with Crippen LogP contribution in [0.1, 0.15) is 38.4 Å². The van der Waals surface area contributed by atoms with E-state index in [1.54, 1.807) is 24.3 Å². The molecule has 0 fully saturated rings. The summed E-state index contributed by atoms with van der Waals surface area (Å²) in [5.74, 6) is 0.648. The molecule has 6 nitrogen and oxygen atoms in total. The number of rotatable bonds is 6. The van der Waals surface area contributed by atoms with Gasteiger partial charge >= 0.3 is 0 Å². The molecule has 0 spiro atoms. The van der Waals surface area contributed by atoms with Gasteiger partial charge < -0.3 is 4.42 Å². The molecule has 1 amide bonds. The maximum Gasteiger partial charge on any atom is 0.283 e. The molecule has 0 atom stereocenters. The molecular weight excluding hydrogens is 408 g/mol. The molecular formula is C21H19ClN4O2S. The van der Waals surface area contributed by atoms with Gasteiger partial charge in [-0.2, -0.15) is 15.1 Å². The topological polar surface area (TPSA) is 82.0 Å². The lowest BCUT2D eigenvalue weighted by atomic mass is 10.1. The Labute approximate surface area is 177 Å². The van der Waals surface area contributed by atoms with Crippen LogP contribution in [0.4, 0.5) is 0 Å². The summed E-state index contributed by atoms with van der Waals surface area (Å²) in [7, 11) is 0. The zero-order valence-electron chi connectivity index (χ0n) is 15.8. The summed E-state index contributed by atoms with van der Waals surface area (Å²) in [6, 6.07) is 10.9. The summed E-state index contributed by atoms with van der Waals surface area (Å²) < 4.78 is 5.83. The van der Waals surface area contributed by atoms with Crippen molar-refractivity contribution in [2.75, 3.05) is 0 Å². The number of halogens is 1. The Hall–Kier alpha value is -2.64. The van der Waals surface area contributed by atoms with Crippen LogP contribution in [0.2, 0.25) is 5.02 Å². The van der Waals surface area contributed by atoms with Crippen molar-refractivity contribution in [2.24, 2.45) is 10.1 Å². The van der Waals surface area contributed by atoms with Gasteiger partial charge in [0.2, 0.25) is 5.17 Å². The first-order valence-electron chi connectivity index (χ1n) is 9.40. The number of amidine groups is 2. The number of thioether (sulfide) groups is 1. The quantitative estimate of drug-likeness (QED) is 0.467. The number of carbonyl (C=O) groups excluding carboxylic acids is 1. The van der Waals surface area contributed by atoms with Crippen molar-refractivity contribution in [3.05, 3.63) is 52.8 Å². The van der Waals surface area contributed by atoms with Gasteiger partial charge in [-0.25, -0.2) is 0 Å². The molecule has 3 heterocycles. The van der Waals surface area contributed by atoms with Crippen LogP contribution in [0.3, 0.4) is 0 Å². The fraction of sp³-hybridized carbons (Fsp3) is 0.238. The standard InChI is InChI=1S/C21H19ClN4O2S/c1-2-3-4-8-18-25-26-19(23)16(20(27)24-21(26)29-18)12-15-9-10-17(28-15)13-6-5-7-14(22)11-13/h5-7,9-12,23H,2-4,8H2,1H3/b16-12+,23-19?. The van der Waals surface area contributed by atoms with E-state index in [-0.39, 0.29) is 11.4 Å². The van der Waals surface area contributed by atoms with E-state index in [0.29, 0.717) is 21.7 Å². The van der Waals surface area contributed by atoms with Crippen LogP contribution in [0.15, 0.2) is 56.5 Å². The lowest BCUT2D eigenvalue weighted by molar-refractivity contribution is -0.114. The van der Waals surface area contributed by atoms with E-state index in [0.717, 1.165) is 36.3 Å². The summed E-state index contributed by atoms with van der Waals surface area (Å²) in [4.78, 5) is 16.6. The predicted octanol–water partition coefficient (Wildman–Crippen LogP) is 5.80. The fourth-order valence-electron chi connectivity index (χ4n) is 3.03. The third-order valence-corrected chi connectivity index (χ3v) is 5.72. The lowest BCUT2D eigenvalue weighted by Gasteiger charge is -2.19. The Balaban J connectivity index is 1.56. The molecule has 0 saturated heterocycles. The maximum absolute atomic E-state index is 12.5. The predicted molar refractivity (Wildman–Crippen MR) is 118 cm³/mol. The highest BCUT2D eigenvalue weighted by atomic mass is 35.5. The average Bonchev–Trinajstić information content (AvgIpc) is 3.32. The Morgan fingerprint density at radius 3 is 2.93 bits per heavy atom. The molecule has 0 bridgehead atoms. The second-order valence-electron chi connectivity index (χ2n) is 6.68. The van der Waals surface area contributed by atoms with Gasteiger partial charge in [0, 0.05) is 10.6 Å². The van der Waals surface area contributed by atoms with Crippen LogP contribution >= 0.6 is 23.4 Å². The Bertz CT molecular complexity index is 1070. The highest BCUT2D eigenvalue weighted by molar-refractivity contribution is 8.26. The largest absolute Gasteiger partial charge is 0.457 e. The number of carbonyl (C=O) groups is 1. The summed E-state index contributed by atoms with van der Waals surface area (Å²) in [6.45, 7) is 2.15. The molecule has 2 aliphatic heterocycles. The van der Waals surface area contributed by atoms with Crippen LogP contribution < -0.4 is 0 Å². The average molecular weight is 427 g/mol. The Morgan fingerprint density at radius 2 is 2.14 bits per heavy atom. The monoisotopic (exact) mass is 426 g/mol. The van der Waals surface area contributed by atoms with Crippen LogP contribution in [0.5, 0.6) is 0 Å². The highest BCUT2D eigenvalue weighted by Crippen LogP contribution is 2.31. The van der Waals surface area contributed by atoms with E-state index in [9.17, 15) is 4.79 Å². The van der Waals surface area contributed by atoms with Crippen molar-refractivity contribution in [3.8, 4) is 11.3 Å². The van der Waals surface area contributed by atoms with Crippen LogP contribution in [-0.4, -0.2) is 27.0 Å². The van der Waals surface area contributed by atoms with E-state index < -0.39 is 5.91 Å². The highest BCUT2D eigenvalue weighted by Gasteiger charge is 2.35.